The van der Waals surface area contributed by atoms with Crippen LogP contribution >= 0.6 is 15.9 Å². The molecule has 7 aromatic carbocycles. The predicted molar refractivity (Wildman–Crippen MR) is 202 cm³/mol. The van der Waals surface area contributed by atoms with Gasteiger partial charge in [0.1, 0.15) is 0 Å². The molecule has 0 spiro atoms. The molecule has 9 rings (SSSR count). The molecule has 0 saturated heterocycles. The summed E-state index contributed by atoms with van der Waals surface area (Å²) in [4.78, 5) is 2.36. The third-order valence-electron chi connectivity index (χ3n) is 9.18. The minimum atomic E-state index is 1.02. The lowest BCUT2D eigenvalue weighted by Crippen LogP contribution is -2.10. The van der Waals surface area contributed by atoms with E-state index in [4.69, 9.17) is 0 Å². The van der Waals surface area contributed by atoms with Gasteiger partial charge in [-0.25, -0.2) is 0 Å². The van der Waals surface area contributed by atoms with Crippen molar-refractivity contribution in [2.45, 2.75) is 6.92 Å². The second kappa shape index (κ2) is 11.0. The zero-order valence-corrected chi connectivity index (χ0v) is 27.4. The summed E-state index contributed by atoms with van der Waals surface area (Å²) in [5, 5.41) is 4.95. The van der Waals surface area contributed by atoms with E-state index in [1.807, 2.05) is 0 Å². The summed E-state index contributed by atoms with van der Waals surface area (Å²) in [6.45, 7) is 2.13. The maximum absolute atomic E-state index is 3.90. The van der Waals surface area contributed by atoms with Gasteiger partial charge in [0.25, 0.3) is 0 Å². The van der Waals surface area contributed by atoms with Gasteiger partial charge < -0.3 is 14.0 Å². The minimum Gasteiger partial charge on any atom is -0.310 e. The number of hydrogen-bond acceptors (Lipinski definition) is 1. The molecule has 0 fully saturated rings. The van der Waals surface area contributed by atoms with Crippen molar-refractivity contribution < 1.29 is 0 Å². The van der Waals surface area contributed by atoms with E-state index in [0.717, 1.165) is 32.9 Å². The van der Waals surface area contributed by atoms with Crippen molar-refractivity contribution >= 4 is 76.6 Å². The molecule has 0 amide bonds. The molecule has 224 valence electrons. The largest absolute Gasteiger partial charge is 0.310 e. The Hall–Kier alpha value is -5.58. The monoisotopic (exact) mass is 667 g/mol. The van der Waals surface area contributed by atoms with E-state index in [9.17, 15) is 0 Å². The van der Waals surface area contributed by atoms with Crippen molar-refractivity contribution in [2.75, 3.05) is 4.90 Å². The Labute approximate surface area is 281 Å². The summed E-state index contributed by atoms with van der Waals surface area (Å²) < 4.78 is 5.77. The number of anilines is 3. The van der Waals surface area contributed by atoms with E-state index >= 15 is 0 Å². The predicted octanol–water partition coefficient (Wildman–Crippen LogP) is 12.4. The van der Waals surface area contributed by atoms with Crippen LogP contribution in [0.2, 0.25) is 0 Å². The lowest BCUT2D eigenvalue weighted by Gasteiger charge is -2.27. The molecule has 2 heterocycles. The van der Waals surface area contributed by atoms with E-state index in [2.05, 4.69) is 201 Å². The maximum Gasteiger partial charge on any atom is 0.0542 e. The first-order valence-electron chi connectivity index (χ1n) is 15.9. The average molecular weight is 669 g/mol. The summed E-state index contributed by atoms with van der Waals surface area (Å²) >= 11 is 3.90. The van der Waals surface area contributed by atoms with Crippen LogP contribution in [0.25, 0.3) is 55.0 Å². The Bertz CT molecular complexity index is 2540. The highest BCUT2D eigenvalue weighted by Crippen LogP contribution is 2.42. The van der Waals surface area contributed by atoms with Crippen molar-refractivity contribution in [3.8, 4) is 11.4 Å². The van der Waals surface area contributed by atoms with Gasteiger partial charge in [0, 0.05) is 54.5 Å². The highest BCUT2D eigenvalue weighted by molar-refractivity contribution is 9.10. The molecule has 47 heavy (non-hydrogen) atoms. The van der Waals surface area contributed by atoms with Gasteiger partial charge in [-0.1, -0.05) is 106 Å². The van der Waals surface area contributed by atoms with Crippen LogP contribution in [-0.2, 0) is 0 Å². The molecule has 0 aliphatic carbocycles. The fourth-order valence-corrected chi connectivity index (χ4v) is 7.58. The van der Waals surface area contributed by atoms with Crippen LogP contribution < -0.4 is 4.90 Å². The third-order valence-corrected chi connectivity index (χ3v) is 9.64. The Balaban J connectivity index is 1.28. The second-order valence-electron chi connectivity index (χ2n) is 12.1. The van der Waals surface area contributed by atoms with Crippen molar-refractivity contribution in [1.29, 1.82) is 0 Å². The lowest BCUT2D eigenvalue weighted by atomic mass is 10.1. The number of aromatic nitrogens is 2. The molecule has 0 unspecified atom stereocenters. The molecule has 3 nitrogen and oxygen atoms in total. The normalized spacial score (nSPS) is 11.6. The number of halogens is 1. The highest BCUT2D eigenvalue weighted by atomic mass is 79.9. The fourth-order valence-electron chi connectivity index (χ4n) is 7.11. The Morgan fingerprint density at radius 3 is 1.57 bits per heavy atom. The van der Waals surface area contributed by atoms with Crippen LogP contribution in [0.3, 0.4) is 0 Å². The van der Waals surface area contributed by atoms with Crippen molar-refractivity contribution in [1.82, 2.24) is 9.13 Å². The summed E-state index contributed by atoms with van der Waals surface area (Å²) in [5.74, 6) is 0. The molecule has 0 radical (unpaired) electrons. The quantitative estimate of drug-likeness (QED) is 0.178. The molecule has 0 aliphatic rings. The van der Waals surface area contributed by atoms with Gasteiger partial charge in [-0.2, -0.15) is 0 Å². The lowest BCUT2D eigenvalue weighted by molar-refractivity contribution is 1.16. The maximum atomic E-state index is 3.90. The van der Waals surface area contributed by atoms with Crippen LogP contribution in [0, 0.1) is 6.92 Å². The summed E-state index contributed by atoms with van der Waals surface area (Å²) in [6.07, 6.45) is 0. The van der Waals surface area contributed by atoms with Gasteiger partial charge in [0.05, 0.1) is 22.1 Å². The molecule has 9 aromatic rings. The van der Waals surface area contributed by atoms with Gasteiger partial charge in [-0.05, 0) is 85.8 Å². The molecule has 2 aromatic heterocycles. The smallest absolute Gasteiger partial charge is 0.0542 e. The Morgan fingerprint density at radius 2 is 0.936 bits per heavy atom. The molecule has 0 N–H and O–H groups in total. The zero-order valence-electron chi connectivity index (χ0n) is 25.8. The van der Waals surface area contributed by atoms with Crippen LogP contribution in [-0.4, -0.2) is 9.13 Å². The van der Waals surface area contributed by atoms with Crippen LogP contribution in [0.5, 0.6) is 0 Å². The minimum absolute atomic E-state index is 1.02. The SMILES string of the molecule is Cc1ccc(-n2c3ccccc3c3cc(N(c4ccccc4)c4cc(Br)cc(-n5c6ccccc6c6ccccc65)c4)ccc32)cc1. The third kappa shape index (κ3) is 4.56. The van der Waals surface area contributed by atoms with E-state index in [1.54, 1.807) is 0 Å². The number of rotatable bonds is 5. The van der Waals surface area contributed by atoms with E-state index in [1.165, 1.54) is 49.2 Å². The Kier molecular flexibility index (Phi) is 6.51. The summed E-state index contributed by atoms with van der Waals surface area (Å²) in [6, 6.07) is 59.1. The number of aryl methyl sites for hydroxylation is 1. The van der Waals surface area contributed by atoms with Crippen LogP contribution in [0.4, 0.5) is 17.1 Å². The highest BCUT2D eigenvalue weighted by Gasteiger charge is 2.19. The molecular formula is C43H30BrN3. The van der Waals surface area contributed by atoms with Crippen LogP contribution in [0.15, 0.2) is 168 Å². The molecule has 4 heteroatoms. The summed E-state index contributed by atoms with van der Waals surface area (Å²) in [7, 11) is 0. The van der Waals surface area contributed by atoms with Gasteiger partial charge in [-0.3, -0.25) is 0 Å². The Morgan fingerprint density at radius 1 is 0.404 bits per heavy atom. The molecule has 0 aliphatic heterocycles. The first-order valence-corrected chi connectivity index (χ1v) is 16.7. The molecular weight excluding hydrogens is 638 g/mol. The average Bonchev–Trinajstić information content (AvgIpc) is 3.62. The topological polar surface area (TPSA) is 13.1 Å². The first-order chi connectivity index (χ1) is 23.1. The van der Waals surface area contributed by atoms with Gasteiger partial charge in [0.2, 0.25) is 0 Å². The summed E-state index contributed by atoms with van der Waals surface area (Å²) in [5.41, 5.74) is 11.6. The molecule has 0 atom stereocenters. The standard InChI is InChI=1S/C43H30BrN3/c1-29-19-21-32(22-20-29)46-42-18-10-7-15-38(42)39-28-33(23-24-43(39)46)45(31-11-3-2-4-12-31)34-25-30(44)26-35(27-34)47-40-16-8-5-13-36(40)37-14-6-9-17-41(37)47/h2-28H,1H3. The molecule has 0 bridgehead atoms. The van der Waals surface area contributed by atoms with E-state index in [-0.39, 0.29) is 0 Å². The molecule has 0 saturated carbocycles. The number of hydrogen-bond donors (Lipinski definition) is 0. The number of fused-ring (bicyclic) bond motifs is 6. The van der Waals surface area contributed by atoms with E-state index < -0.39 is 0 Å². The van der Waals surface area contributed by atoms with E-state index in [0.29, 0.717) is 0 Å². The van der Waals surface area contributed by atoms with Gasteiger partial charge >= 0.3 is 0 Å². The second-order valence-corrected chi connectivity index (χ2v) is 13.0. The fraction of sp³-hybridized carbons (Fsp3) is 0.0233. The first kappa shape index (κ1) is 27.7. The van der Waals surface area contributed by atoms with Crippen molar-refractivity contribution in [3.63, 3.8) is 0 Å². The number of nitrogens with zero attached hydrogens (tertiary/aromatic N) is 3. The van der Waals surface area contributed by atoms with Gasteiger partial charge in [-0.15, -0.1) is 0 Å². The number of para-hydroxylation sites is 4. The van der Waals surface area contributed by atoms with Gasteiger partial charge in [0.15, 0.2) is 0 Å². The van der Waals surface area contributed by atoms with Crippen molar-refractivity contribution in [3.05, 3.63) is 174 Å². The van der Waals surface area contributed by atoms with Crippen molar-refractivity contribution in [2.24, 2.45) is 0 Å². The van der Waals surface area contributed by atoms with Crippen LogP contribution in [0.1, 0.15) is 5.56 Å². The number of benzene rings is 7. The zero-order chi connectivity index (χ0) is 31.5.